The number of ether oxygens (including phenoxy) is 2. The summed E-state index contributed by atoms with van der Waals surface area (Å²) in [7, 11) is 2.90. The summed E-state index contributed by atoms with van der Waals surface area (Å²) in [5.74, 6) is -1.22. The van der Waals surface area contributed by atoms with Gasteiger partial charge in [-0.2, -0.15) is 0 Å². The molecule has 0 saturated carbocycles. The van der Waals surface area contributed by atoms with E-state index >= 15 is 0 Å². The van der Waals surface area contributed by atoms with E-state index in [0.29, 0.717) is 11.5 Å². The van der Waals surface area contributed by atoms with Crippen molar-refractivity contribution < 1.29 is 28.7 Å². The average Bonchev–Trinajstić information content (AvgIpc) is 2.96. The summed E-state index contributed by atoms with van der Waals surface area (Å²) in [6.07, 6.45) is 0. The molecule has 0 saturated heterocycles. The third-order valence-corrected chi connectivity index (χ3v) is 6.28. The van der Waals surface area contributed by atoms with E-state index in [4.69, 9.17) is 9.47 Å². The fourth-order valence-corrected chi connectivity index (χ4v) is 4.47. The molecule has 2 N–H and O–H groups in total. The Hall–Kier alpha value is -5.24. The lowest BCUT2D eigenvalue weighted by Gasteiger charge is -2.23. The van der Waals surface area contributed by atoms with Crippen LogP contribution in [0.15, 0.2) is 84.9 Å². The minimum atomic E-state index is -0.519. The van der Waals surface area contributed by atoms with Crippen molar-refractivity contribution in [2.75, 3.05) is 24.9 Å². The number of rotatable bonds is 6. The van der Waals surface area contributed by atoms with Crippen molar-refractivity contribution >= 4 is 34.8 Å². The monoisotopic (exact) mass is 506 g/mol. The highest BCUT2D eigenvalue weighted by Crippen LogP contribution is 2.37. The van der Waals surface area contributed by atoms with E-state index in [1.807, 2.05) is 0 Å². The third-order valence-electron chi connectivity index (χ3n) is 6.28. The lowest BCUT2D eigenvalue weighted by Crippen LogP contribution is -2.26. The van der Waals surface area contributed by atoms with Crippen LogP contribution in [0.5, 0.6) is 11.5 Å². The van der Waals surface area contributed by atoms with E-state index in [1.54, 1.807) is 72.8 Å². The van der Waals surface area contributed by atoms with Gasteiger partial charge < -0.3 is 20.1 Å². The summed E-state index contributed by atoms with van der Waals surface area (Å²) < 4.78 is 10.6. The lowest BCUT2D eigenvalue weighted by atomic mass is 9.82. The Balaban J connectivity index is 1.61. The minimum Gasteiger partial charge on any atom is -0.496 e. The summed E-state index contributed by atoms with van der Waals surface area (Å²) in [6, 6.07) is 22.7. The van der Waals surface area contributed by atoms with Gasteiger partial charge in [-0.1, -0.05) is 48.5 Å². The Labute approximate surface area is 218 Å². The number of amides is 2. The van der Waals surface area contributed by atoms with Gasteiger partial charge >= 0.3 is 0 Å². The second-order valence-electron chi connectivity index (χ2n) is 8.42. The van der Waals surface area contributed by atoms with Gasteiger partial charge in [0, 0.05) is 11.1 Å². The van der Waals surface area contributed by atoms with E-state index < -0.39 is 23.4 Å². The lowest BCUT2D eigenvalue weighted by molar-refractivity contribution is 0.0977. The number of ketones is 2. The van der Waals surface area contributed by atoms with E-state index in [0.717, 1.165) is 0 Å². The van der Waals surface area contributed by atoms with Crippen molar-refractivity contribution in [2.24, 2.45) is 0 Å². The molecular weight excluding hydrogens is 484 g/mol. The molecule has 0 atom stereocenters. The van der Waals surface area contributed by atoms with Gasteiger partial charge in [0.2, 0.25) is 0 Å². The van der Waals surface area contributed by atoms with Gasteiger partial charge in [-0.05, 0) is 36.4 Å². The molecule has 2 amide bonds. The maximum Gasteiger partial charge on any atom is 0.259 e. The van der Waals surface area contributed by atoms with Crippen LogP contribution in [0.1, 0.15) is 52.6 Å². The minimum absolute atomic E-state index is 0.00484. The van der Waals surface area contributed by atoms with Gasteiger partial charge in [0.25, 0.3) is 11.8 Å². The number of carbonyl (C=O) groups excluding carboxylic acids is 4. The molecule has 0 fully saturated rings. The first-order valence-corrected chi connectivity index (χ1v) is 11.7. The van der Waals surface area contributed by atoms with E-state index in [-0.39, 0.29) is 44.8 Å². The first-order valence-electron chi connectivity index (χ1n) is 11.7. The highest BCUT2D eigenvalue weighted by atomic mass is 16.5. The number of para-hydroxylation sites is 2. The SMILES string of the molecule is COc1ccccc1C(=O)Nc1ccc(NC(=O)c2ccccc2OC)c2c1C(=O)c1ccccc1C2=O. The second-order valence-corrected chi connectivity index (χ2v) is 8.42. The smallest absolute Gasteiger partial charge is 0.259 e. The Morgan fingerprint density at radius 1 is 0.553 bits per heavy atom. The molecule has 4 aromatic rings. The van der Waals surface area contributed by atoms with Gasteiger partial charge in [-0.3, -0.25) is 19.2 Å². The molecule has 1 aliphatic rings. The van der Waals surface area contributed by atoms with Crippen molar-refractivity contribution in [2.45, 2.75) is 0 Å². The zero-order chi connectivity index (χ0) is 26.8. The Bertz CT molecular complexity index is 1510. The predicted molar refractivity (Wildman–Crippen MR) is 142 cm³/mol. The zero-order valence-corrected chi connectivity index (χ0v) is 20.5. The van der Waals surface area contributed by atoms with Gasteiger partial charge in [0.15, 0.2) is 11.6 Å². The third kappa shape index (κ3) is 4.18. The topological polar surface area (TPSA) is 111 Å². The van der Waals surface area contributed by atoms with Crippen molar-refractivity contribution in [3.8, 4) is 11.5 Å². The number of methoxy groups -OCH3 is 2. The summed E-state index contributed by atoms with van der Waals surface area (Å²) in [4.78, 5) is 53.6. The highest BCUT2D eigenvalue weighted by Gasteiger charge is 2.35. The number of hydrogen-bond acceptors (Lipinski definition) is 6. The van der Waals surface area contributed by atoms with Crippen LogP contribution in [0.25, 0.3) is 0 Å². The molecule has 4 aromatic carbocycles. The van der Waals surface area contributed by atoms with Crippen LogP contribution in [0, 0.1) is 0 Å². The molecule has 8 heteroatoms. The quantitative estimate of drug-likeness (QED) is 0.336. The predicted octanol–water partition coefficient (Wildman–Crippen LogP) is 4.98. The molecule has 188 valence electrons. The Morgan fingerprint density at radius 3 is 1.32 bits per heavy atom. The van der Waals surface area contributed by atoms with Crippen molar-refractivity contribution in [3.05, 3.63) is 118 Å². The van der Waals surface area contributed by atoms with Crippen molar-refractivity contribution in [1.82, 2.24) is 0 Å². The van der Waals surface area contributed by atoms with Gasteiger partial charge in [-0.25, -0.2) is 0 Å². The first-order chi connectivity index (χ1) is 18.4. The molecule has 0 radical (unpaired) electrons. The standard InChI is InChI=1S/C30H22N2O6/c1-37-23-13-7-5-11-19(23)29(35)31-21-15-16-22(32-30(36)20-12-6-8-14-24(20)38-2)26-25(21)27(33)17-9-3-4-10-18(17)28(26)34/h3-16H,1-2H3,(H,31,35)(H,32,36). The van der Waals surface area contributed by atoms with Crippen molar-refractivity contribution in [3.63, 3.8) is 0 Å². The Kier molecular flexibility index (Phi) is 6.45. The summed E-state index contributed by atoms with van der Waals surface area (Å²) >= 11 is 0. The maximum absolute atomic E-state index is 13.7. The fraction of sp³-hybridized carbons (Fsp3) is 0.0667. The zero-order valence-electron chi connectivity index (χ0n) is 20.5. The molecule has 5 rings (SSSR count). The summed E-state index contributed by atoms with van der Waals surface area (Å²) in [5.41, 5.74) is 1.21. The molecule has 38 heavy (non-hydrogen) atoms. The van der Waals surface area contributed by atoms with Crippen LogP contribution in [0.2, 0.25) is 0 Å². The van der Waals surface area contributed by atoms with Gasteiger partial charge in [-0.15, -0.1) is 0 Å². The molecule has 0 unspecified atom stereocenters. The summed E-state index contributed by atoms with van der Waals surface area (Å²) in [6.45, 7) is 0. The molecule has 8 nitrogen and oxygen atoms in total. The molecule has 0 aromatic heterocycles. The normalized spacial score (nSPS) is 11.7. The molecule has 0 bridgehead atoms. The van der Waals surface area contributed by atoms with Crippen molar-refractivity contribution in [1.29, 1.82) is 0 Å². The molecule has 1 aliphatic carbocycles. The average molecular weight is 507 g/mol. The largest absolute Gasteiger partial charge is 0.496 e. The summed E-state index contributed by atoms with van der Waals surface area (Å²) in [5, 5.41) is 5.50. The fourth-order valence-electron chi connectivity index (χ4n) is 4.47. The highest BCUT2D eigenvalue weighted by molar-refractivity contribution is 6.33. The van der Waals surface area contributed by atoms with Gasteiger partial charge in [0.1, 0.15) is 11.5 Å². The Morgan fingerprint density at radius 2 is 0.921 bits per heavy atom. The first kappa shape index (κ1) is 24.5. The van der Waals surface area contributed by atoms with E-state index in [9.17, 15) is 19.2 Å². The number of hydrogen-bond donors (Lipinski definition) is 2. The van der Waals surface area contributed by atoms with Gasteiger partial charge in [0.05, 0.1) is 47.8 Å². The number of benzene rings is 4. The molecule has 0 aliphatic heterocycles. The number of carbonyl (C=O) groups is 4. The number of anilines is 2. The maximum atomic E-state index is 13.7. The van der Waals surface area contributed by atoms with Crippen LogP contribution in [0.3, 0.4) is 0 Å². The molecule has 0 spiro atoms. The van der Waals surface area contributed by atoms with Crippen LogP contribution >= 0.6 is 0 Å². The number of nitrogens with one attached hydrogen (secondary N) is 2. The van der Waals surface area contributed by atoms with Crippen LogP contribution in [-0.2, 0) is 0 Å². The van der Waals surface area contributed by atoms with Crippen LogP contribution < -0.4 is 20.1 Å². The molecule has 0 heterocycles. The second kappa shape index (κ2) is 10.0. The van der Waals surface area contributed by atoms with E-state index in [1.165, 1.54) is 26.4 Å². The van der Waals surface area contributed by atoms with E-state index in [2.05, 4.69) is 10.6 Å². The van der Waals surface area contributed by atoms with Crippen LogP contribution in [0.4, 0.5) is 11.4 Å². The number of fused-ring (bicyclic) bond motifs is 2. The molecular formula is C30H22N2O6. The van der Waals surface area contributed by atoms with Crippen LogP contribution in [-0.4, -0.2) is 37.6 Å².